The number of nitrogens with one attached hydrogen (secondary N) is 3. The van der Waals surface area contributed by atoms with Crippen molar-refractivity contribution in [2.24, 2.45) is 5.92 Å². The van der Waals surface area contributed by atoms with Crippen LogP contribution >= 0.6 is 11.3 Å². The first kappa shape index (κ1) is 20.1. The van der Waals surface area contributed by atoms with Crippen molar-refractivity contribution < 1.29 is 14.4 Å². The Balaban J connectivity index is 1.57. The molecular formula is C21H25N3O3S. The fraction of sp³-hybridized carbons (Fsp3) is 0.381. The van der Waals surface area contributed by atoms with Crippen molar-refractivity contribution >= 4 is 29.1 Å². The van der Waals surface area contributed by atoms with E-state index in [4.69, 9.17) is 0 Å². The molecule has 3 N–H and O–H groups in total. The van der Waals surface area contributed by atoms with E-state index in [2.05, 4.69) is 23.1 Å². The van der Waals surface area contributed by atoms with Gasteiger partial charge in [-0.1, -0.05) is 37.3 Å². The molecule has 3 amide bonds. The Morgan fingerprint density at radius 2 is 1.93 bits per heavy atom. The van der Waals surface area contributed by atoms with Crippen LogP contribution in [0.15, 0.2) is 36.4 Å². The molecule has 2 atom stereocenters. The lowest BCUT2D eigenvalue weighted by molar-refractivity contribution is -0.123. The molecule has 0 bridgehead atoms. The van der Waals surface area contributed by atoms with Crippen LogP contribution in [0.4, 0.5) is 0 Å². The van der Waals surface area contributed by atoms with Gasteiger partial charge >= 0.3 is 0 Å². The number of carbonyl (C=O) groups is 3. The lowest BCUT2D eigenvalue weighted by atomic mass is 9.90. The number of benzene rings is 1. The summed E-state index contributed by atoms with van der Waals surface area (Å²) in [7, 11) is 0. The van der Waals surface area contributed by atoms with Crippen LogP contribution < -0.4 is 16.2 Å². The van der Waals surface area contributed by atoms with Gasteiger partial charge in [-0.05, 0) is 42.4 Å². The maximum atomic E-state index is 12.4. The van der Waals surface area contributed by atoms with E-state index in [1.165, 1.54) is 28.7 Å². The molecule has 0 radical (unpaired) electrons. The van der Waals surface area contributed by atoms with Gasteiger partial charge in [0.2, 0.25) is 11.8 Å². The summed E-state index contributed by atoms with van der Waals surface area (Å²) < 4.78 is 0. The van der Waals surface area contributed by atoms with Crippen LogP contribution in [0.2, 0.25) is 0 Å². The third kappa shape index (κ3) is 5.19. The molecule has 1 aliphatic carbocycles. The van der Waals surface area contributed by atoms with Gasteiger partial charge in [0.1, 0.15) is 0 Å². The van der Waals surface area contributed by atoms with Crippen LogP contribution in [0.3, 0.4) is 0 Å². The van der Waals surface area contributed by atoms with E-state index in [0.29, 0.717) is 10.8 Å². The highest BCUT2D eigenvalue weighted by atomic mass is 32.1. The first-order chi connectivity index (χ1) is 13.4. The number of amides is 3. The topological polar surface area (TPSA) is 87.3 Å². The quantitative estimate of drug-likeness (QED) is 0.676. The summed E-state index contributed by atoms with van der Waals surface area (Å²) in [5.41, 5.74) is 7.03. The van der Waals surface area contributed by atoms with Gasteiger partial charge in [-0.15, -0.1) is 11.3 Å². The SMILES string of the molecule is CC(=O)N[C@H](CC(=O)NNC(=O)c1cc2c(s1)CC[C@@H](C)C2)c1ccccc1. The van der Waals surface area contributed by atoms with Gasteiger partial charge in [0.15, 0.2) is 0 Å². The Morgan fingerprint density at radius 3 is 2.64 bits per heavy atom. The molecule has 0 saturated heterocycles. The summed E-state index contributed by atoms with van der Waals surface area (Å²) in [5.74, 6) is -0.257. The molecule has 1 aromatic carbocycles. The summed E-state index contributed by atoms with van der Waals surface area (Å²) in [6, 6.07) is 10.8. The number of hydrazine groups is 1. The number of carbonyl (C=O) groups excluding carboxylic acids is 3. The summed E-state index contributed by atoms with van der Waals surface area (Å²) in [6.07, 6.45) is 3.19. The summed E-state index contributed by atoms with van der Waals surface area (Å²) in [5, 5.41) is 2.77. The number of thiophene rings is 1. The standard InChI is InChI=1S/C21H25N3O3S/c1-13-8-9-18-16(10-13)11-19(28-18)21(27)24-23-20(26)12-17(22-14(2)25)15-6-4-3-5-7-15/h3-7,11,13,17H,8-10,12H2,1-2H3,(H,22,25)(H,23,26)(H,24,27)/t13-,17-/m1/s1. The average Bonchev–Trinajstić information content (AvgIpc) is 3.09. The second-order valence-corrected chi connectivity index (χ2v) is 8.41. The van der Waals surface area contributed by atoms with Crippen LogP contribution in [0.5, 0.6) is 0 Å². The van der Waals surface area contributed by atoms with E-state index >= 15 is 0 Å². The molecule has 0 spiro atoms. The molecule has 1 heterocycles. The van der Waals surface area contributed by atoms with Gasteiger partial charge in [0.25, 0.3) is 5.91 Å². The van der Waals surface area contributed by atoms with E-state index in [0.717, 1.165) is 24.8 Å². The van der Waals surface area contributed by atoms with Crippen molar-refractivity contribution in [1.29, 1.82) is 0 Å². The van der Waals surface area contributed by atoms with Crippen molar-refractivity contribution in [2.45, 2.75) is 45.6 Å². The highest BCUT2D eigenvalue weighted by Gasteiger charge is 2.21. The molecule has 7 heteroatoms. The number of aryl methyl sites for hydroxylation is 1. The number of hydrogen-bond donors (Lipinski definition) is 3. The zero-order valence-corrected chi connectivity index (χ0v) is 16.9. The summed E-state index contributed by atoms with van der Waals surface area (Å²) >= 11 is 1.50. The zero-order valence-electron chi connectivity index (χ0n) is 16.1. The fourth-order valence-electron chi connectivity index (χ4n) is 3.43. The molecule has 148 valence electrons. The zero-order chi connectivity index (χ0) is 20.1. The molecule has 1 aromatic heterocycles. The fourth-order valence-corrected chi connectivity index (χ4v) is 4.53. The molecule has 2 aromatic rings. The highest BCUT2D eigenvalue weighted by Crippen LogP contribution is 2.32. The maximum absolute atomic E-state index is 12.4. The van der Waals surface area contributed by atoms with Crippen molar-refractivity contribution in [3.05, 3.63) is 57.3 Å². The van der Waals surface area contributed by atoms with Crippen LogP contribution in [-0.4, -0.2) is 17.7 Å². The van der Waals surface area contributed by atoms with Crippen LogP contribution in [0.1, 0.15) is 58.4 Å². The Hall–Kier alpha value is -2.67. The predicted octanol–water partition coefficient (Wildman–Crippen LogP) is 2.90. The molecule has 6 nitrogen and oxygen atoms in total. The minimum Gasteiger partial charge on any atom is -0.349 e. The molecule has 1 aliphatic rings. The molecule has 28 heavy (non-hydrogen) atoms. The third-order valence-corrected chi connectivity index (χ3v) is 6.07. The molecule has 0 unspecified atom stereocenters. The van der Waals surface area contributed by atoms with E-state index in [-0.39, 0.29) is 24.1 Å². The lowest BCUT2D eigenvalue weighted by Crippen LogP contribution is -2.43. The van der Waals surface area contributed by atoms with Crippen molar-refractivity contribution in [3.63, 3.8) is 0 Å². The Labute approximate surface area is 168 Å². The van der Waals surface area contributed by atoms with Crippen molar-refractivity contribution in [2.75, 3.05) is 0 Å². The van der Waals surface area contributed by atoms with E-state index < -0.39 is 6.04 Å². The average molecular weight is 400 g/mol. The van der Waals surface area contributed by atoms with Gasteiger partial charge < -0.3 is 5.32 Å². The van der Waals surface area contributed by atoms with Crippen LogP contribution in [-0.2, 0) is 22.4 Å². The molecule has 0 saturated carbocycles. The summed E-state index contributed by atoms with van der Waals surface area (Å²) in [4.78, 5) is 38.1. The Morgan fingerprint density at radius 1 is 1.18 bits per heavy atom. The minimum absolute atomic E-state index is 0.0301. The number of rotatable bonds is 5. The molecule has 0 fully saturated rings. The van der Waals surface area contributed by atoms with Gasteiger partial charge in [0.05, 0.1) is 17.3 Å². The maximum Gasteiger partial charge on any atom is 0.279 e. The van der Waals surface area contributed by atoms with Gasteiger partial charge in [-0.2, -0.15) is 0 Å². The molecule has 3 rings (SSSR count). The van der Waals surface area contributed by atoms with Crippen LogP contribution in [0, 0.1) is 5.92 Å². The normalized spacial score (nSPS) is 16.6. The number of fused-ring (bicyclic) bond motifs is 1. The smallest absolute Gasteiger partial charge is 0.279 e. The van der Waals surface area contributed by atoms with E-state index in [1.807, 2.05) is 36.4 Å². The van der Waals surface area contributed by atoms with Gasteiger partial charge in [-0.3, -0.25) is 25.2 Å². The molecular weight excluding hydrogens is 374 g/mol. The second-order valence-electron chi connectivity index (χ2n) is 7.28. The van der Waals surface area contributed by atoms with Gasteiger partial charge in [-0.25, -0.2) is 0 Å². The lowest BCUT2D eigenvalue weighted by Gasteiger charge is -2.18. The van der Waals surface area contributed by atoms with E-state index in [9.17, 15) is 14.4 Å². The first-order valence-electron chi connectivity index (χ1n) is 9.45. The monoisotopic (exact) mass is 399 g/mol. The van der Waals surface area contributed by atoms with Crippen molar-refractivity contribution in [3.8, 4) is 0 Å². The summed E-state index contributed by atoms with van der Waals surface area (Å²) in [6.45, 7) is 3.63. The van der Waals surface area contributed by atoms with E-state index in [1.54, 1.807) is 0 Å². The number of hydrogen-bond acceptors (Lipinski definition) is 4. The predicted molar refractivity (Wildman–Crippen MR) is 109 cm³/mol. The minimum atomic E-state index is -0.453. The van der Waals surface area contributed by atoms with Crippen molar-refractivity contribution in [1.82, 2.24) is 16.2 Å². The third-order valence-electron chi connectivity index (χ3n) is 4.84. The Bertz CT molecular complexity index is 863. The molecule has 0 aliphatic heterocycles. The Kier molecular flexibility index (Phi) is 6.46. The largest absolute Gasteiger partial charge is 0.349 e. The van der Waals surface area contributed by atoms with Crippen LogP contribution in [0.25, 0.3) is 0 Å². The first-order valence-corrected chi connectivity index (χ1v) is 10.3. The second kappa shape index (κ2) is 9.01. The highest BCUT2D eigenvalue weighted by molar-refractivity contribution is 7.14. The van der Waals surface area contributed by atoms with Gasteiger partial charge in [0, 0.05) is 11.8 Å².